The molecule has 1 unspecified atom stereocenters. The van der Waals surface area contributed by atoms with Gasteiger partial charge >= 0.3 is 0 Å². The van der Waals surface area contributed by atoms with Crippen molar-refractivity contribution in [3.8, 4) is 0 Å². The van der Waals surface area contributed by atoms with Gasteiger partial charge in [0.05, 0.1) is 5.69 Å². The molecular weight excluding hydrogens is 298 g/mol. The summed E-state index contributed by atoms with van der Waals surface area (Å²) in [5.41, 5.74) is 1.20. The maximum Gasteiger partial charge on any atom is 0.185 e. The summed E-state index contributed by atoms with van der Waals surface area (Å²) in [5.74, 6) is 1.20. The Labute approximate surface area is 137 Å². The van der Waals surface area contributed by atoms with Crippen LogP contribution in [0.1, 0.15) is 57.1 Å². The van der Waals surface area contributed by atoms with Crippen LogP contribution in [0.15, 0.2) is 0 Å². The van der Waals surface area contributed by atoms with E-state index >= 15 is 0 Å². The molecule has 0 radical (unpaired) electrons. The zero-order valence-corrected chi connectivity index (χ0v) is 15.7. The highest BCUT2D eigenvalue weighted by Gasteiger charge is 2.25. The summed E-state index contributed by atoms with van der Waals surface area (Å²) in [7, 11) is 0. The van der Waals surface area contributed by atoms with Gasteiger partial charge in [0.25, 0.3) is 0 Å². The number of nitrogens with zero attached hydrogens (tertiary/aromatic N) is 2. The normalized spacial score (nSPS) is 20.3. The van der Waals surface area contributed by atoms with Crippen LogP contribution in [0.4, 0.5) is 5.13 Å². The van der Waals surface area contributed by atoms with Crippen molar-refractivity contribution < 1.29 is 0 Å². The van der Waals surface area contributed by atoms with E-state index in [-0.39, 0.29) is 0 Å². The van der Waals surface area contributed by atoms with Crippen molar-refractivity contribution in [3.63, 3.8) is 0 Å². The molecule has 0 amide bonds. The fraction of sp³-hybridized carbons (Fsp3) is 0.812. The molecule has 3 nitrogen and oxygen atoms in total. The van der Waals surface area contributed by atoms with Gasteiger partial charge in [0, 0.05) is 34.5 Å². The maximum atomic E-state index is 4.85. The van der Waals surface area contributed by atoms with E-state index in [0.717, 1.165) is 19.6 Å². The molecule has 0 saturated carbocycles. The van der Waals surface area contributed by atoms with Crippen LogP contribution in [0.5, 0.6) is 0 Å². The molecule has 1 saturated heterocycles. The van der Waals surface area contributed by atoms with Gasteiger partial charge in [0.1, 0.15) is 0 Å². The lowest BCUT2D eigenvalue weighted by Gasteiger charge is -2.22. The molecule has 1 aliphatic heterocycles. The molecule has 5 heteroatoms. The number of aryl methyl sites for hydroxylation is 1. The zero-order valence-electron chi connectivity index (χ0n) is 14.0. The molecule has 1 atom stereocenters. The predicted molar refractivity (Wildman–Crippen MR) is 96.9 cm³/mol. The molecule has 1 aliphatic rings. The fourth-order valence-corrected chi connectivity index (χ4v) is 4.84. The van der Waals surface area contributed by atoms with Gasteiger partial charge in [0.15, 0.2) is 5.13 Å². The van der Waals surface area contributed by atoms with Gasteiger partial charge in [-0.3, -0.25) is 0 Å². The molecule has 1 aromatic heterocycles. The van der Waals surface area contributed by atoms with E-state index < -0.39 is 0 Å². The number of aromatic nitrogens is 1. The van der Waals surface area contributed by atoms with Gasteiger partial charge in [-0.05, 0) is 33.2 Å². The Morgan fingerprint density at radius 3 is 2.86 bits per heavy atom. The first-order valence-corrected chi connectivity index (χ1v) is 9.83. The minimum atomic E-state index is 0.403. The van der Waals surface area contributed by atoms with E-state index in [1.54, 1.807) is 0 Å². The quantitative estimate of drug-likeness (QED) is 0.876. The van der Waals surface area contributed by atoms with Gasteiger partial charge in [-0.25, -0.2) is 4.98 Å². The minimum absolute atomic E-state index is 0.403. The van der Waals surface area contributed by atoms with Crippen LogP contribution >= 0.6 is 23.1 Å². The molecule has 120 valence electrons. The number of anilines is 1. The first-order valence-electron chi connectivity index (χ1n) is 8.02. The Kier molecular flexibility index (Phi) is 5.97. The molecule has 0 aliphatic carbocycles. The van der Waals surface area contributed by atoms with Crippen molar-refractivity contribution in [1.29, 1.82) is 0 Å². The first kappa shape index (κ1) is 17.1. The lowest BCUT2D eigenvalue weighted by molar-refractivity contribution is 0.575. The molecule has 1 fully saturated rings. The van der Waals surface area contributed by atoms with Crippen LogP contribution in [0.3, 0.4) is 0 Å². The van der Waals surface area contributed by atoms with Crippen LogP contribution in [0.2, 0.25) is 0 Å². The monoisotopic (exact) mass is 327 g/mol. The van der Waals surface area contributed by atoms with Gasteiger partial charge in [-0.1, -0.05) is 20.8 Å². The highest BCUT2D eigenvalue weighted by Crippen LogP contribution is 2.35. The standard InChI is InChI=1S/C16H29N3S2/c1-6-8-17-12(2)14-13(3)18-15(21-14)19-9-7-16(4,5)20-11-10-19/h12,17H,6-11H2,1-5H3. The first-order chi connectivity index (χ1) is 9.93. The Morgan fingerprint density at radius 1 is 1.38 bits per heavy atom. The Hall–Kier alpha value is -0.260. The van der Waals surface area contributed by atoms with E-state index in [0.29, 0.717) is 10.8 Å². The summed E-state index contributed by atoms with van der Waals surface area (Å²) >= 11 is 3.97. The summed E-state index contributed by atoms with van der Waals surface area (Å²) in [6.45, 7) is 14.6. The van der Waals surface area contributed by atoms with Crippen LogP contribution < -0.4 is 10.2 Å². The van der Waals surface area contributed by atoms with Crippen molar-refractivity contribution in [3.05, 3.63) is 10.6 Å². The van der Waals surface area contributed by atoms with Gasteiger partial charge < -0.3 is 10.2 Å². The summed E-state index contributed by atoms with van der Waals surface area (Å²) in [4.78, 5) is 8.73. The topological polar surface area (TPSA) is 28.2 Å². The SMILES string of the molecule is CCCNC(C)c1sc(N2CCSC(C)(C)CC2)nc1C. The van der Waals surface area contributed by atoms with Gasteiger partial charge in [0.2, 0.25) is 0 Å². The summed E-state index contributed by atoms with van der Waals surface area (Å²) in [6.07, 6.45) is 2.41. The summed E-state index contributed by atoms with van der Waals surface area (Å²) in [6, 6.07) is 0.411. The number of nitrogens with one attached hydrogen (secondary N) is 1. The van der Waals surface area contributed by atoms with Crippen LogP contribution in [0, 0.1) is 6.92 Å². The third kappa shape index (κ3) is 4.60. The molecular formula is C16H29N3S2. The molecule has 0 spiro atoms. The number of rotatable bonds is 5. The summed E-state index contributed by atoms with van der Waals surface area (Å²) < 4.78 is 0.403. The molecule has 2 rings (SSSR count). The highest BCUT2D eigenvalue weighted by molar-refractivity contribution is 8.00. The lowest BCUT2D eigenvalue weighted by Crippen LogP contribution is -2.26. The lowest BCUT2D eigenvalue weighted by atomic mass is 10.1. The van der Waals surface area contributed by atoms with E-state index in [9.17, 15) is 0 Å². The average molecular weight is 328 g/mol. The smallest absolute Gasteiger partial charge is 0.185 e. The van der Waals surface area contributed by atoms with E-state index in [1.807, 2.05) is 11.3 Å². The third-order valence-corrected chi connectivity index (χ3v) is 6.80. The number of hydrogen-bond acceptors (Lipinski definition) is 5. The second kappa shape index (κ2) is 7.34. The molecule has 1 N–H and O–H groups in total. The summed E-state index contributed by atoms with van der Waals surface area (Å²) in [5, 5.41) is 4.79. The molecule has 21 heavy (non-hydrogen) atoms. The van der Waals surface area contributed by atoms with Crippen molar-refractivity contribution in [1.82, 2.24) is 10.3 Å². The number of hydrogen-bond donors (Lipinski definition) is 1. The van der Waals surface area contributed by atoms with Crippen molar-refractivity contribution in [2.75, 3.05) is 30.3 Å². The van der Waals surface area contributed by atoms with Crippen LogP contribution in [0.25, 0.3) is 0 Å². The van der Waals surface area contributed by atoms with Crippen LogP contribution in [-0.4, -0.2) is 35.1 Å². The number of thioether (sulfide) groups is 1. The highest BCUT2D eigenvalue weighted by atomic mass is 32.2. The van der Waals surface area contributed by atoms with Crippen molar-refractivity contribution >= 4 is 28.2 Å². The van der Waals surface area contributed by atoms with E-state index in [1.165, 1.54) is 34.3 Å². The van der Waals surface area contributed by atoms with E-state index in [4.69, 9.17) is 4.98 Å². The Morgan fingerprint density at radius 2 is 2.14 bits per heavy atom. The second-order valence-electron chi connectivity index (χ2n) is 6.47. The van der Waals surface area contributed by atoms with Gasteiger partial charge in [-0.2, -0.15) is 11.8 Å². The minimum Gasteiger partial charge on any atom is -0.347 e. The van der Waals surface area contributed by atoms with E-state index in [2.05, 4.69) is 56.6 Å². The van der Waals surface area contributed by atoms with Crippen molar-refractivity contribution in [2.45, 2.75) is 58.2 Å². The fourth-order valence-electron chi connectivity index (χ4n) is 2.60. The predicted octanol–water partition coefficient (Wildman–Crippen LogP) is 4.23. The molecule has 0 bridgehead atoms. The Bertz CT molecular complexity index is 456. The molecule has 0 aromatic carbocycles. The third-order valence-electron chi connectivity index (χ3n) is 4.02. The average Bonchev–Trinajstić information content (AvgIpc) is 2.71. The van der Waals surface area contributed by atoms with Crippen LogP contribution in [-0.2, 0) is 0 Å². The zero-order chi connectivity index (χ0) is 15.5. The molecule has 2 heterocycles. The number of thiazole rings is 1. The van der Waals surface area contributed by atoms with Crippen molar-refractivity contribution in [2.24, 2.45) is 0 Å². The Balaban J connectivity index is 2.07. The molecule has 1 aromatic rings. The largest absolute Gasteiger partial charge is 0.347 e. The maximum absolute atomic E-state index is 4.85. The van der Waals surface area contributed by atoms with Gasteiger partial charge in [-0.15, -0.1) is 11.3 Å². The second-order valence-corrected chi connectivity index (χ2v) is 9.28.